The summed E-state index contributed by atoms with van der Waals surface area (Å²) in [6.45, 7) is -0.326. The monoisotopic (exact) mass is 346 g/mol. The lowest BCUT2D eigenvalue weighted by Crippen LogP contribution is -2.20. The third-order valence-corrected chi connectivity index (χ3v) is 3.40. The van der Waals surface area contributed by atoms with Gasteiger partial charge in [-0.05, 0) is 18.2 Å². The van der Waals surface area contributed by atoms with Crippen molar-refractivity contribution < 1.29 is 14.6 Å². The fourth-order valence-corrected chi connectivity index (χ4v) is 2.01. The first-order valence-electron chi connectivity index (χ1n) is 5.68. The second-order valence-electron chi connectivity index (χ2n) is 3.90. The molecule has 0 unspecified atom stereocenters. The molecule has 2 N–H and O–H groups in total. The van der Waals surface area contributed by atoms with Crippen molar-refractivity contribution in [2.45, 2.75) is 0 Å². The number of rotatable bonds is 4. The number of aromatic hydroxyl groups is 1. The number of ether oxygens (including phenoxy) is 1. The van der Waals surface area contributed by atoms with Crippen molar-refractivity contribution in [3.63, 3.8) is 0 Å². The Hall–Kier alpha value is -1.69. The molecule has 0 aliphatic carbocycles. The Balaban J connectivity index is 1.99. The maximum Gasteiger partial charge on any atom is 0.263 e. The van der Waals surface area contributed by atoms with Gasteiger partial charge in [0.25, 0.3) is 5.91 Å². The molecule has 1 aromatic carbocycles. The van der Waals surface area contributed by atoms with Crippen LogP contribution in [0.25, 0.3) is 0 Å². The number of carbonyl (C=O) groups is 1. The molecule has 0 fully saturated rings. The predicted molar refractivity (Wildman–Crippen MR) is 81.5 cm³/mol. The Bertz CT molecular complexity index is 680. The van der Waals surface area contributed by atoms with Crippen molar-refractivity contribution in [1.82, 2.24) is 4.98 Å². The smallest absolute Gasteiger partial charge is 0.263 e. The highest BCUT2D eigenvalue weighted by molar-refractivity contribution is 6.43. The van der Waals surface area contributed by atoms with Crippen molar-refractivity contribution in [3.8, 4) is 11.5 Å². The van der Waals surface area contributed by atoms with Crippen LogP contribution in [0.15, 0.2) is 30.5 Å². The van der Waals surface area contributed by atoms with Gasteiger partial charge in [0.1, 0.15) is 5.75 Å². The molecule has 5 nitrogen and oxygen atoms in total. The lowest BCUT2D eigenvalue weighted by molar-refractivity contribution is -0.118. The molecule has 1 heterocycles. The largest absolute Gasteiger partial charge is 0.504 e. The molecule has 1 aromatic heterocycles. The average molecular weight is 348 g/mol. The van der Waals surface area contributed by atoms with Crippen molar-refractivity contribution in [2.24, 2.45) is 0 Å². The summed E-state index contributed by atoms with van der Waals surface area (Å²) in [5, 5.41) is 12.7. The fourth-order valence-electron chi connectivity index (χ4n) is 1.42. The molecule has 0 spiro atoms. The van der Waals surface area contributed by atoms with Gasteiger partial charge in [0.15, 0.2) is 18.2 Å². The number of anilines is 1. The molecule has 2 aromatic rings. The number of hydrogen-bond acceptors (Lipinski definition) is 4. The van der Waals surface area contributed by atoms with Gasteiger partial charge in [-0.3, -0.25) is 4.79 Å². The Kier molecular flexibility index (Phi) is 5.12. The molecule has 0 bridgehead atoms. The van der Waals surface area contributed by atoms with E-state index in [1.807, 2.05) is 0 Å². The van der Waals surface area contributed by atoms with Crippen LogP contribution in [0.3, 0.4) is 0 Å². The van der Waals surface area contributed by atoms with E-state index in [-0.39, 0.29) is 39.0 Å². The van der Waals surface area contributed by atoms with E-state index in [0.717, 1.165) is 0 Å². The number of nitrogens with one attached hydrogen (secondary N) is 1. The van der Waals surface area contributed by atoms with Gasteiger partial charge in [-0.2, -0.15) is 0 Å². The summed E-state index contributed by atoms with van der Waals surface area (Å²) in [5.41, 5.74) is 0. The van der Waals surface area contributed by atoms with E-state index < -0.39 is 5.91 Å². The summed E-state index contributed by atoms with van der Waals surface area (Å²) < 4.78 is 5.25. The lowest BCUT2D eigenvalue weighted by atomic mass is 10.3. The predicted octanol–water partition coefficient (Wildman–Crippen LogP) is 3.76. The molecule has 21 heavy (non-hydrogen) atoms. The van der Waals surface area contributed by atoms with E-state index in [1.165, 1.54) is 30.5 Å². The van der Waals surface area contributed by atoms with Crippen LogP contribution in [0.2, 0.25) is 15.1 Å². The summed E-state index contributed by atoms with van der Waals surface area (Å²) in [6.07, 6.45) is 1.44. The maximum absolute atomic E-state index is 11.7. The van der Waals surface area contributed by atoms with Crippen LogP contribution in [0.1, 0.15) is 0 Å². The van der Waals surface area contributed by atoms with E-state index in [0.29, 0.717) is 0 Å². The van der Waals surface area contributed by atoms with Crippen molar-refractivity contribution in [1.29, 1.82) is 0 Å². The summed E-state index contributed by atoms with van der Waals surface area (Å²) in [6, 6.07) is 5.78. The van der Waals surface area contributed by atoms with E-state index in [2.05, 4.69) is 10.3 Å². The highest BCUT2D eigenvalue weighted by atomic mass is 35.5. The summed E-state index contributed by atoms with van der Waals surface area (Å²) in [5.74, 6) is -0.373. The van der Waals surface area contributed by atoms with Gasteiger partial charge in [-0.1, -0.05) is 34.8 Å². The second kappa shape index (κ2) is 6.85. The Morgan fingerprint density at radius 2 is 1.95 bits per heavy atom. The third kappa shape index (κ3) is 4.14. The first-order valence-corrected chi connectivity index (χ1v) is 6.82. The SMILES string of the molecule is O=C(COc1cc(Cl)c(Cl)cc1Cl)Nc1ncccc1O. The minimum Gasteiger partial charge on any atom is -0.504 e. The van der Waals surface area contributed by atoms with Crippen LogP contribution in [0.4, 0.5) is 5.82 Å². The summed E-state index contributed by atoms with van der Waals surface area (Å²) in [4.78, 5) is 15.5. The number of carbonyl (C=O) groups excluding carboxylic acids is 1. The van der Waals surface area contributed by atoms with Crippen LogP contribution in [-0.4, -0.2) is 22.6 Å². The van der Waals surface area contributed by atoms with Gasteiger partial charge >= 0.3 is 0 Å². The molecular weight excluding hydrogens is 339 g/mol. The molecule has 8 heteroatoms. The van der Waals surface area contributed by atoms with Gasteiger partial charge in [-0.25, -0.2) is 4.98 Å². The van der Waals surface area contributed by atoms with E-state index in [9.17, 15) is 9.90 Å². The molecule has 0 saturated heterocycles. The third-order valence-electron chi connectivity index (χ3n) is 2.38. The molecule has 0 radical (unpaired) electrons. The first-order chi connectivity index (χ1) is 9.97. The molecule has 2 rings (SSSR count). The van der Waals surface area contributed by atoms with Crippen LogP contribution in [-0.2, 0) is 4.79 Å². The molecule has 0 aliphatic rings. The number of aromatic nitrogens is 1. The van der Waals surface area contributed by atoms with E-state index in [4.69, 9.17) is 39.5 Å². The van der Waals surface area contributed by atoms with Crippen molar-refractivity contribution >= 4 is 46.5 Å². The Labute approximate surface area is 135 Å². The number of pyridine rings is 1. The first kappa shape index (κ1) is 15.7. The van der Waals surface area contributed by atoms with Gasteiger partial charge in [0.2, 0.25) is 0 Å². The normalized spacial score (nSPS) is 10.2. The summed E-state index contributed by atoms with van der Waals surface area (Å²) in [7, 11) is 0. The minimum atomic E-state index is -0.508. The molecule has 0 aliphatic heterocycles. The minimum absolute atomic E-state index is 0.0475. The zero-order valence-corrected chi connectivity index (χ0v) is 12.7. The van der Waals surface area contributed by atoms with Crippen LogP contribution in [0.5, 0.6) is 11.5 Å². The van der Waals surface area contributed by atoms with Gasteiger partial charge in [-0.15, -0.1) is 0 Å². The molecule has 0 saturated carbocycles. The Morgan fingerprint density at radius 3 is 2.67 bits per heavy atom. The number of benzene rings is 1. The molecule has 110 valence electrons. The maximum atomic E-state index is 11.7. The van der Waals surface area contributed by atoms with Crippen LogP contribution in [0, 0.1) is 0 Å². The zero-order chi connectivity index (χ0) is 15.4. The second-order valence-corrected chi connectivity index (χ2v) is 5.13. The van der Waals surface area contributed by atoms with Crippen molar-refractivity contribution in [2.75, 3.05) is 11.9 Å². The number of halogens is 3. The fraction of sp³-hybridized carbons (Fsp3) is 0.0769. The van der Waals surface area contributed by atoms with Gasteiger partial charge < -0.3 is 15.2 Å². The Morgan fingerprint density at radius 1 is 1.24 bits per heavy atom. The van der Waals surface area contributed by atoms with Gasteiger partial charge in [0.05, 0.1) is 15.1 Å². The average Bonchev–Trinajstić information content (AvgIpc) is 2.44. The number of hydrogen-bond donors (Lipinski definition) is 2. The zero-order valence-electron chi connectivity index (χ0n) is 10.4. The standard InChI is InChI=1S/C13H9Cl3N2O3/c14-7-4-9(16)11(5-8(7)15)21-6-12(20)18-13-10(19)2-1-3-17-13/h1-5,19H,6H2,(H,17,18,20). The highest BCUT2D eigenvalue weighted by Gasteiger charge is 2.11. The number of amides is 1. The molecule has 1 amide bonds. The van der Waals surface area contributed by atoms with Crippen molar-refractivity contribution in [3.05, 3.63) is 45.5 Å². The topological polar surface area (TPSA) is 71.5 Å². The highest BCUT2D eigenvalue weighted by Crippen LogP contribution is 2.33. The summed E-state index contributed by atoms with van der Waals surface area (Å²) >= 11 is 17.5. The molecule has 0 atom stereocenters. The van der Waals surface area contributed by atoms with E-state index >= 15 is 0 Å². The lowest BCUT2D eigenvalue weighted by Gasteiger charge is -2.10. The van der Waals surface area contributed by atoms with Gasteiger partial charge in [0, 0.05) is 12.3 Å². The van der Waals surface area contributed by atoms with E-state index in [1.54, 1.807) is 0 Å². The van der Waals surface area contributed by atoms with Crippen LogP contribution < -0.4 is 10.1 Å². The number of nitrogens with zero attached hydrogens (tertiary/aromatic N) is 1. The molecular formula is C13H9Cl3N2O3. The van der Waals surface area contributed by atoms with Crippen LogP contribution >= 0.6 is 34.8 Å². The quantitative estimate of drug-likeness (QED) is 0.826.